The van der Waals surface area contributed by atoms with Gasteiger partial charge in [-0.1, -0.05) is 0 Å². The van der Waals surface area contributed by atoms with Crippen LogP contribution in [-0.2, 0) is 4.74 Å². The number of hydrogen-bond donors (Lipinski definition) is 3. The number of ether oxygens (including phenoxy) is 1. The highest BCUT2D eigenvalue weighted by molar-refractivity contribution is 5.85. The Morgan fingerprint density at radius 3 is 2.63 bits per heavy atom. The van der Waals surface area contributed by atoms with Crippen molar-refractivity contribution in [3.8, 4) is 0 Å². The molecule has 0 aliphatic carbocycles. The van der Waals surface area contributed by atoms with Gasteiger partial charge in [0, 0.05) is 6.20 Å². The minimum Gasteiger partial charge on any atom is -0.545 e. The number of nitrogens with zero attached hydrogens (tertiary/aromatic N) is 1. The summed E-state index contributed by atoms with van der Waals surface area (Å²) in [5.74, 6) is -1.65. The largest absolute Gasteiger partial charge is 0.545 e. The van der Waals surface area contributed by atoms with Crippen molar-refractivity contribution in [1.29, 1.82) is 0 Å². The number of pyridine rings is 1. The normalized spacial score (nSPS) is 30.5. The van der Waals surface area contributed by atoms with Crippen molar-refractivity contribution < 1.29 is 30.0 Å². The van der Waals surface area contributed by atoms with E-state index in [9.17, 15) is 24.9 Å². The van der Waals surface area contributed by atoms with Crippen LogP contribution in [0.25, 0.3) is 0 Å². The SMILES string of the molecule is O=C([O-])c1cccn(C2OC(CO)C(O)C2O)c1=O. The lowest BCUT2D eigenvalue weighted by Crippen LogP contribution is -2.38. The zero-order valence-electron chi connectivity index (χ0n) is 9.67. The molecule has 3 N–H and O–H groups in total. The van der Waals surface area contributed by atoms with Crippen LogP contribution in [0.5, 0.6) is 0 Å². The van der Waals surface area contributed by atoms with Crippen molar-refractivity contribution in [2.75, 3.05) is 6.61 Å². The van der Waals surface area contributed by atoms with Gasteiger partial charge in [0.1, 0.15) is 18.3 Å². The second kappa shape index (κ2) is 5.10. The fourth-order valence-electron chi connectivity index (χ4n) is 1.98. The van der Waals surface area contributed by atoms with Crippen LogP contribution in [0, 0.1) is 0 Å². The molecular weight excluding hydrogens is 258 g/mol. The quantitative estimate of drug-likeness (QED) is 0.527. The molecule has 19 heavy (non-hydrogen) atoms. The van der Waals surface area contributed by atoms with Gasteiger partial charge < -0.3 is 30.0 Å². The fourth-order valence-corrected chi connectivity index (χ4v) is 1.98. The summed E-state index contributed by atoms with van der Waals surface area (Å²) in [5.41, 5.74) is -1.50. The van der Waals surface area contributed by atoms with Gasteiger partial charge in [0.15, 0.2) is 6.23 Å². The summed E-state index contributed by atoms with van der Waals surface area (Å²) in [4.78, 5) is 22.6. The van der Waals surface area contributed by atoms with Gasteiger partial charge in [-0.2, -0.15) is 0 Å². The van der Waals surface area contributed by atoms with E-state index < -0.39 is 48.2 Å². The maximum absolute atomic E-state index is 11.9. The van der Waals surface area contributed by atoms with E-state index in [1.54, 1.807) is 0 Å². The molecule has 1 saturated heterocycles. The van der Waals surface area contributed by atoms with Crippen LogP contribution in [0.2, 0.25) is 0 Å². The number of hydrogen-bond acceptors (Lipinski definition) is 7. The van der Waals surface area contributed by atoms with E-state index in [-0.39, 0.29) is 0 Å². The molecule has 0 spiro atoms. The molecule has 8 heteroatoms. The van der Waals surface area contributed by atoms with Crippen molar-refractivity contribution in [3.63, 3.8) is 0 Å². The number of aromatic nitrogens is 1. The number of carbonyl (C=O) groups is 1. The smallest absolute Gasteiger partial charge is 0.261 e. The predicted octanol–water partition coefficient (Wildman–Crippen LogP) is -3.18. The molecule has 8 nitrogen and oxygen atoms in total. The number of carboxylic acids is 1. The average Bonchev–Trinajstić information content (AvgIpc) is 2.66. The van der Waals surface area contributed by atoms with Gasteiger partial charge in [0.05, 0.1) is 18.1 Å². The Kier molecular flexibility index (Phi) is 3.67. The molecule has 0 amide bonds. The third-order valence-corrected chi connectivity index (χ3v) is 2.99. The monoisotopic (exact) mass is 270 g/mol. The first-order chi connectivity index (χ1) is 8.97. The molecule has 1 aliphatic rings. The third kappa shape index (κ3) is 2.26. The molecule has 1 fully saturated rings. The van der Waals surface area contributed by atoms with Crippen LogP contribution in [0.3, 0.4) is 0 Å². The molecule has 1 aliphatic heterocycles. The molecule has 2 rings (SSSR count). The third-order valence-electron chi connectivity index (χ3n) is 2.99. The second-order valence-electron chi connectivity index (χ2n) is 4.15. The minimum absolute atomic E-state index is 0.538. The van der Waals surface area contributed by atoms with Crippen molar-refractivity contribution in [2.45, 2.75) is 24.5 Å². The van der Waals surface area contributed by atoms with Gasteiger partial charge in [-0.15, -0.1) is 0 Å². The molecule has 2 heterocycles. The summed E-state index contributed by atoms with van der Waals surface area (Å²) < 4.78 is 5.98. The number of aromatic carboxylic acids is 1. The Morgan fingerprint density at radius 1 is 1.42 bits per heavy atom. The Morgan fingerprint density at radius 2 is 2.11 bits per heavy atom. The summed E-state index contributed by atoms with van der Waals surface area (Å²) in [7, 11) is 0. The van der Waals surface area contributed by atoms with E-state index in [0.717, 1.165) is 10.6 Å². The summed E-state index contributed by atoms with van der Waals surface area (Å²) >= 11 is 0. The van der Waals surface area contributed by atoms with Crippen molar-refractivity contribution in [1.82, 2.24) is 4.57 Å². The molecule has 0 aromatic carbocycles. The summed E-state index contributed by atoms with van der Waals surface area (Å²) in [6.45, 7) is -0.538. The van der Waals surface area contributed by atoms with E-state index in [2.05, 4.69) is 0 Å². The number of aliphatic hydroxyl groups is 3. The van der Waals surface area contributed by atoms with E-state index in [0.29, 0.717) is 0 Å². The van der Waals surface area contributed by atoms with Crippen LogP contribution in [-0.4, -0.2) is 50.8 Å². The standard InChI is InChI=1S/C11H13NO7/c13-4-6-7(14)8(15)10(19-6)12-3-1-2-5(9(12)16)11(17)18/h1-3,6-8,10,13-15H,4H2,(H,17,18)/p-1. The molecule has 0 radical (unpaired) electrons. The van der Waals surface area contributed by atoms with Crippen LogP contribution < -0.4 is 10.7 Å². The van der Waals surface area contributed by atoms with Crippen molar-refractivity contribution in [2.24, 2.45) is 0 Å². The first kappa shape index (κ1) is 13.7. The zero-order valence-corrected chi connectivity index (χ0v) is 9.67. The Labute approximate surface area is 107 Å². The maximum atomic E-state index is 11.9. The highest BCUT2D eigenvalue weighted by Gasteiger charge is 2.43. The lowest BCUT2D eigenvalue weighted by Gasteiger charge is -2.18. The van der Waals surface area contributed by atoms with Gasteiger partial charge in [-0.25, -0.2) is 0 Å². The maximum Gasteiger partial charge on any atom is 0.261 e. The molecule has 4 unspecified atom stereocenters. The van der Waals surface area contributed by atoms with Crippen molar-refractivity contribution in [3.05, 3.63) is 34.2 Å². The van der Waals surface area contributed by atoms with E-state index in [4.69, 9.17) is 9.84 Å². The average molecular weight is 270 g/mol. The van der Waals surface area contributed by atoms with Gasteiger partial charge in [-0.3, -0.25) is 9.36 Å². The highest BCUT2D eigenvalue weighted by Crippen LogP contribution is 2.28. The van der Waals surface area contributed by atoms with Gasteiger partial charge in [0.2, 0.25) is 0 Å². The molecule has 1 aromatic rings. The predicted molar refractivity (Wildman–Crippen MR) is 58.0 cm³/mol. The molecule has 104 valence electrons. The number of carboxylic acid groups (broad SMARTS) is 1. The van der Waals surface area contributed by atoms with Crippen LogP contribution in [0.15, 0.2) is 23.1 Å². The van der Waals surface area contributed by atoms with E-state index in [1.807, 2.05) is 0 Å². The minimum atomic E-state index is -1.65. The first-order valence-corrected chi connectivity index (χ1v) is 5.52. The fraction of sp³-hybridized carbons (Fsp3) is 0.455. The Bertz CT molecular complexity index is 540. The molecule has 0 bridgehead atoms. The summed E-state index contributed by atoms with van der Waals surface area (Å²) in [5, 5.41) is 39.0. The van der Waals surface area contributed by atoms with E-state index in [1.165, 1.54) is 12.3 Å². The number of carbonyl (C=O) groups excluding carboxylic acids is 1. The Balaban J connectivity index is 2.41. The lowest BCUT2D eigenvalue weighted by atomic mass is 10.1. The summed E-state index contributed by atoms with van der Waals surface area (Å²) in [6.07, 6.45) is -3.91. The van der Waals surface area contributed by atoms with Crippen molar-refractivity contribution >= 4 is 5.97 Å². The van der Waals surface area contributed by atoms with Gasteiger partial charge in [0.25, 0.3) is 5.56 Å². The zero-order chi connectivity index (χ0) is 14.2. The summed E-state index contributed by atoms with van der Waals surface area (Å²) in [6, 6.07) is 2.34. The number of rotatable bonds is 3. The highest BCUT2D eigenvalue weighted by atomic mass is 16.6. The van der Waals surface area contributed by atoms with E-state index >= 15 is 0 Å². The van der Waals surface area contributed by atoms with Crippen LogP contribution in [0.4, 0.5) is 0 Å². The Hall–Kier alpha value is -1.74. The molecule has 4 atom stereocenters. The lowest BCUT2D eigenvalue weighted by molar-refractivity contribution is -0.255. The molecule has 1 aromatic heterocycles. The first-order valence-electron chi connectivity index (χ1n) is 5.52. The topological polar surface area (TPSA) is 132 Å². The van der Waals surface area contributed by atoms with Gasteiger partial charge in [-0.05, 0) is 12.1 Å². The van der Waals surface area contributed by atoms with Gasteiger partial charge >= 0.3 is 0 Å². The van der Waals surface area contributed by atoms with Crippen LogP contribution >= 0.6 is 0 Å². The molecular formula is C11H12NO7-. The second-order valence-corrected chi connectivity index (χ2v) is 4.15. The molecule has 0 saturated carbocycles. The van der Waals surface area contributed by atoms with Crippen LogP contribution in [0.1, 0.15) is 16.6 Å². The number of aliphatic hydroxyl groups excluding tert-OH is 3.